The number of hydrogen-bond acceptors (Lipinski definition) is 3. The molecule has 1 N–H and O–H groups in total. The number of carbonyl (C=O) groups excluding carboxylic acids is 1. The summed E-state index contributed by atoms with van der Waals surface area (Å²) in [4.78, 5) is 12.6. The number of rotatable bonds is 3. The Bertz CT molecular complexity index is 972. The van der Waals surface area contributed by atoms with Crippen LogP contribution in [0.2, 0.25) is 0 Å². The van der Waals surface area contributed by atoms with E-state index in [0.29, 0.717) is 5.56 Å². The molecule has 2 heterocycles. The highest BCUT2D eigenvalue weighted by Gasteiger charge is 2.16. The van der Waals surface area contributed by atoms with Crippen molar-refractivity contribution in [3.8, 4) is 11.4 Å². The summed E-state index contributed by atoms with van der Waals surface area (Å²) >= 11 is 0. The minimum Gasteiger partial charge on any atom is -0.322 e. The molecule has 0 bridgehead atoms. The van der Waals surface area contributed by atoms with Crippen LogP contribution in [0, 0.1) is 13.8 Å². The molecule has 0 saturated heterocycles. The number of hydrogen-bond donors (Lipinski definition) is 1. The van der Waals surface area contributed by atoms with Crippen molar-refractivity contribution in [1.82, 2.24) is 14.8 Å². The van der Waals surface area contributed by atoms with E-state index < -0.39 is 0 Å². The van der Waals surface area contributed by atoms with Crippen LogP contribution >= 0.6 is 0 Å². The Kier molecular flexibility index (Phi) is 4.75. The Morgan fingerprint density at radius 1 is 1.00 bits per heavy atom. The molecule has 0 unspecified atom stereocenters. The maximum atomic E-state index is 12.6. The molecule has 0 radical (unpaired) electrons. The SMILES string of the molecule is Cc1ccc(C)c(C(=O)Nc2ccc(-c3nnc4n3CCCCC4)cc2)c1. The van der Waals surface area contributed by atoms with Gasteiger partial charge in [0.2, 0.25) is 0 Å². The average molecular weight is 360 g/mol. The van der Waals surface area contributed by atoms with Crippen LogP contribution in [0.1, 0.15) is 46.6 Å². The van der Waals surface area contributed by atoms with E-state index >= 15 is 0 Å². The van der Waals surface area contributed by atoms with Crippen molar-refractivity contribution in [2.24, 2.45) is 0 Å². The lowest BCUT2D eigenvalue weighted by atomic mass is 10.0. The van der Waals surface area contributed by atoms with E-state index in [2.05, 4.69) is 20.1 Å². The first kappa shape index (κ1) is 17.5. The maximum absolute atomic E-state index is 12.6. The minimum atomic E-state index is -0.0831. The largest absolute Gasteiger partial charge is 0.322 e. The fraction of sp³-hybridized carbons (Fsp3) is 0.318. The first-order valence-corrected chi connectivity index (χ1v) is 9.53. The van der Waals surface area contributed by atoms with E-state index in [1.807, 2.05) is 56.3 Å². The number of aryl methyl sites for hydroxylation is 3. The van der Waals surface area contributed by atoms with Gasteiger partial charge in [-0.1, -0.05) is 24.1 Å². The molecule has 0 fully saturated rings. The lowest BCUT2D eigenvalue weighted by Gasteiger charge is -2.10. The van der Waals surface area contributed by atoms with Gasteiger partial charge in [0.1, 0.15) is 5.82 Å². The maximum Gasteiger partial charge on any atom is 0.255 e. The van der Waals surface area contributed by atoms with Gasteiger partial charge in [0.15, 0.2) is 5.82 Å². The zero-order valence-corrected chi connectivity index (χ0v) is 15.8. The van der Waals surface area contributed by atoms with Crippen molar-refractivity contribution in [2.45, 2.75) is 46.1 Å². The van der Waals surface area contributed by atoms with Crippen LogP contribution in [0.5, 0.6) is 0 Å². The molecule has 0 saturated carbocycles. The molecule has 4 rings (SSSR count). The average Bonchev–Trinajstić information content (AvgIpc) is 2.92. The second-order valence-corrected chi connectivity index (χ2v) is 7.25. The Morgan fingerprint density at radius 2 is 1.81 bits per heavy atom. The number of aromatic nitrogens is 3. The topological polar surface area (TPSA) is 59.8 Å². The molecule has 5 heteroatoms. The number of benzene rings is 2. The highest BCUT2D eigenvalue weighted by Crippen LogP contribution is 2.24. The summed E-state index contributed by atoms with van der Waals surface area (Å²) in [5.74, 6) is 1.91. The van der Waals surface area contributed by atoms with E-state index in [1.165, 1.54) is 19.3 Å². The number of nitrogens with one attached hydrogen (secondary N) is 1. The van der Waals surface area contributed by atoms with Crippen molar-refractivity contribution in [1.29, 1.82) is 0 Å². The van der Waals surface area contributed by atoms with Gasteiger partial charge in [-0.05, 0) is 62.6 Å². The summed E-state index contributed by atoms with van der Waals surface area (Å²) in [6, 6.07) is 13.8. The predicted octanol–water partition coefficient (Wildman–Crippen LogP) is 4.54. The van der Waals surface area contributed by atoms with Crippen molar-refractivity contribution in [3.63, 3.8) is 0 Å². The molecule has 2 aromatic carbocycles. The van der Waals surface area contributed by atoms with E-state index in [1.54, 1.807) is 0 Å². The molecule has 0 aliphatic carbocycles. The Hall–Kier alpha value is -2.95. The molecule has 1 aliphatic heterocycles. The summed E-state index contributed by atoms with van der Waals surface area (Å²) in [6.07, 6.45) is 4.59. The van der Waals surface area contributed by atoms with E-state index in [4.69, 9.17) is 0 Å². The second kappa shape index (κ2) is 7.35. The van der Waals surface area contributed by atoms with Crippen LogP contribution < -0.4 is 5.32 Å². The van der Waals surface area contributed by atoms with Crippen LogP contribution in [0.3, 0.4) is 0 Å². The van der Waals surface area contributed by atoms with Crippen molar-refractivity contribution < 1.29 is 4.79 Å². The van der Waals surface area contributed by atoms with Crippen LogP contribution in [-0.4, -0.2) is 20.7 Å². The summed E-state index contributed by atoms with van der Waals surface area (Å²) in [7, 11) is 0. The molecule has 0 spiro atoms. The molecule has 27 heavy (non-hydrogen) atoms. The van der Waals surface area contributed by atoms with Gasteiger partial charge < -0.3 is 9.88 Å². The van der Waals surface area contributed by atoms with Crippen molar-refractivity contribution in [3.05, 3.63) is 65.0 Å². The van der Waals surface area contributed by atoms with E-state index in [9.17, 15) is 4.79 Å². The molecular formula is C22H24N4O. The smallest absolute Gasteiger partial charge is 0.255 e. The molecule has 0 atom stereocenters. The van der Waals surface area contributed by atoms with Gasteiger partial charge >= 0.3 is 0 Å². The standard InChI is InChI=1S/C22H24N4O/c1-15-7-8-16(2)19(14-15)22(27)23-18-11-9-17(10-12-18)21-25-24-20-6-4-3-5-13-26(20)21/h7-12,14H,3-6,13H2,1-2H3,(H,23,27). The fourth-order valence-electron chi connectivity index (χ4n) is 3.58. The third-order valence-corrected chi connectivity index (χ3v) is 5.15. The zero-order valence-electron chi connectivity index (χ0n) is 15.8. The van der Waals surface area contributed by atoms with Crippen molar-refractivity contribution >= 4 is 11.6 Å². The third kappa shape index (κ3) is 3.63. The van der Waals surface area contributed by atoms with Crippen molar-refractivity contribution in [2.75, 3.05) is 5.32 Å². The molecule has 138 valence electrons. The lowest BCUT2D eigenvalue weighted by Crippen LogP contribution is -2.13. The zero-order chi connectivity index (χ0) is 18.8. The Morgan fingerprint density at radius 3 is 2.63 bits per heavy atom. The number of amides is 1. The van der Waals surface area contributed by atoms with Gasteiger partial charge in [0, 0.05) is 29.8 Å². The first-order valence-electron chi connectivity index (χ1n) is 9.53. The lowest BCUT2D eigenvalue weighted by molar-refractivity contribution is 0.102. The predicted molar refractivity (Wildman–Crippen MR) is 107 cm³/mol. The quantitative estimate of drug-likeness (QED) is 0.746. The number of carbonyl (C=O) groups is 1. The molecule has 3 aromatic rings. The normalized spacial score (nSPS) is 13.7. The summed E-state index contributed by atoms with van der Waals surface area (Å²) < 4.78 is 2.23. The summed E-state index contributed by atoms with van der Waals surface area (Å²) in [5, 5.41) is 11.7. The van der Waals surface area contributed by atoms with Gasteiger partial charge in [-0.15, -0.1) is 10.2 Å². The number of anilines is 1. The van der Waals surface area contributed by atoms with Gasteiger partial charge in [-0.2, -0.15) is 0 Å². The first-order chi connectivity index (χ1) is 13.1. The monoisotopic (exact) mass is 360 g/mol. The number of nitrogens with zero attached hydrogens (tertiary/aromatic N) is 3. The molecule has 1 amide bonds. The van der Waals surface area contributed by atoms with Gasteiger partial charge in [0.05, 0.1) is 0 Å². The Labute approximate surface area is 159 Å². The second-order valence-electron chi connectivity index (χ2n) is 7.25. The number of fused-ring (bicyclic) bond motifs is 1. The minimum absolute atomic E-state index is 0.0831. The van der Waals surface area contributed by atoms with E-state index in [0.717, 1.165) is 47.0 Å². The van der Waals surface area contributed by atoms with Crippen LogP contribution in [0.25, 0.3) is 11.4 Å². The highest BCUT2D eigenvalue weighted by molar-refractivity contribution is 6.05. The molecule has 1 aromatic heterocycles. The van der Waals surface area contributed by atoms with Gasteiger partial charge in [-0.25, -0.2) is 0 Å². The Balaban J connectivity index is 1.54. The van der Waals surface area contributed by atoms with Gasteiger partial charge in [-0.3, -0.25) is 4.79 Å². The summed E-state index contributed by atoms with van der Waals surface area (Å²) in [5.41, 5.74) is 4.57. The molecule has 5 nitrogen and oxygen atoms in total. The van der Waals surface area contributed by atoms with Gasteiger partial charge in [0.25, 0.3) is 5.91 Å². The fourth-order valence-corrected chi connectivity index (χ4v) is 3.58. The summed E-state index contributed by atoms with van der Waals surface area (Å²) in [6.45, 7) is 4.92. The molecular weight excluding hydrogens is 336 g/mol. The third-order valence-electron chi connectivity index (χ3n) is 5.15. The van der Waals surface area contributed by atoms with Crippen LogP contribution in [0.15, 0.2) is 42.5 Å². The molecule has 1 aliphatic rings. The highest BCUT2D eigenvalue weighted by atomic mass is 16.1. The van der Waals surface area contributed by atoms with E-state index in [-0.39, 0.29) is 5.91 Å². The van der Waals surface area contributed by atoms with Crippen LogP contribution in [-0.2, 0) is 13.0 Å². The van der Waals surface area contributed by atoms with Crippen LogP contribution in [0.4, 0.5) is 5.69 Å².